The Morgan fingerprint density at radius 1 is 0.975 bits per heavy atom. The molecule has 1 aliphatic heterocycles. The number of aliphatic imine (C=N–C) groups is 1. The Morgan fingerprint density at radius 3 is 2.52 bits per heavy atom. The van der Waals surface area contributed by atoms with Crippen LogP contribution in [-0.4, -0.2) is 53.7 Å². The van der Waals surface area contributed by atoms with Crippen LogP contribution >= 0.6 is 0 Å². The summed E-state index contributed by atoms with van der Waals surface area (Å²) in [4.78, 5) is 29.0. The van der Waals surface area contributed by atoms with E-state index in [1.54, 1.807) is 12.4 Å². The summed E-state index contributed by atoms with van der Waals surface area (Å²) in [7, 11) is 4.00. The van der Waals surface area contributed by atoms with Crippen LogP contribution in [0, 0.1) is 11.8 Å². The monoisotopic (exact) mass is 525 g/mol. The van der Waals surface area contributed by atoms with Crippen LogP contribution in [0.1, 0.15) is 69.3 Å². The highest BCUT2D eigenvalue weighted by Crippen LogP contribution is 2.58. The summed E-state index contributed by atoms with van der Waals surface area (Å²) in [6.45, 7) is 2.10. The van der Waals surface area contributed by atoms with Crippen molar-refractivity contribution in [3.8, 4) is 23.1 Å². The summed E-state index contributed by atoms with van der Waals surface area (Å²) in [6.07, 6.45) is 7.16. The summed E-state index contributed by atoms with van der Waals surface area (Å²) >= 11 is 0. The number of carbonyl (C=O) groups is 1. The number of hydrogen-bond donors (Lipinski definition) is 1. The summed E-state index contributed by atoms with van der Waals surface area (Å²) < 4.78 is 0. The summed E-state index contributed by atoms with van der Waals surface area (Å²) in [5.41, 5.74) is 10.9. The Bertz CT molecular complexity index is 1730. The van der Waals surface area contributed by atoms with Crippen molar-refractivity contribution in [3.63, 3.8) is 0 Å². The fourth-order valence-electron chi connectivity index (χ4n) is 6.60. The number of likely N-dealkylation sites (N-methyl/N-ethyl adjacent to an activating group) is 1. The number of amides is 1. The average Bonchev–Trinajstić information content (AvgIpc) is 3.71. The van der Waals surface area contributed by atoms with E-state index < -0.39 is 0 Å². The van der Waals surface area contributed by atoms with Gasteiger partial charge in [0.25, 0.3) is 5.91 Å². The molecule has 1 fully saturated rings. The second-order valence-corrected chi connectivity index (χ2v) is 11.3. The van der Waals surface area contributed by atoms with Gasteiger partial charge in [-0.05, 0) is 98.1 Å². The van der Waals surface area contributed by atoms with Crippen molar-refractivity contribution in [3.05, 3.63) is 94.3 Å². The number of nitrogens with zero attached hydrogens (tertiary/aromatic N) is 4. The number of hydrogen-bond acceptors (Lipinski definition) is 5. The lowest BCUT2D eigenvalue weighted by Crippen LogP contribution is -2.31. The minimum Gasteiger partial charge on any atom is -0.351 e. The van der Waals surface area contributed by atoms with Crippen molar-refractivity contribution in [2.45, 2.75) is 37.6 Å². The molecule has 40 heavy (non-hydrogen) atoms. The number of rotatable bonds is 5. The first-order chi connectivity index (χ1) is 19.6. The van der Waals surface area contributed by atoms with E-state index in [-0.39, 0.29) is 5.91 Å². The van der Waals surface area contributed by atoms with E-state index in [1.165, 1.54) is 46.9 Å². The second kappa shape index (κ2) is 10.0. The first-order valence-electron chi connectivity index (χ1n) is 14.1. The van der Waals surface area contributed by atoms with Crippen molar-refractivity contribution in [2.24, 2.45) is 4.99 Å². The Kier molecular flexibility index (Phi) is 6.17. The number of nitrogens with one attached hydrogen (secondary N) is 1. The van der Waals surface area contributed by atoms with Crippen molar-refractivity contribution < 1.29 is 4.79 Å². The number of aromatic nitrogens is 2. The van der Waals surface area contributed by atoms with E-state index in [0.29, 0.717) is 30.5 Å². The fourth-order valence-corrected chi connectivity index (χ4v) is 6.60. The summed E-state index contributed by atoms with van der Waals surface area (Å²) in [6, 6.07) is 16.1. The minimum absolute atomic E-state index is 0.0422. The molecule has 2 atom stereocenters. The van der Waals surface area contributed by atoms with E-state index in [0.717, 1.165) is 34.6 Å². The Hall–Kier alpha value is -4.34. The quantitative estimate of drug-likeness (QED) is 0.359. The van der Waals surface area contributed by atoms with E-state index in [4.69, 9.17) is 9.98 Å². The topological polar surface area (TPSA) is 70.5 Å². The molecule has 2 aromatic carbocycles. The first-order valence-corrected chi connectivity index (χ1v) is 14.1. The predicted octanol–water partition coefficient (Wildman–Crippen LogP) is 5.31. The van der Waals surface area contributed by atoms with Gasteiger partial charge in [-0.15, -0.1) is 0 Å². The van der Waals surface area contributed by atoms with Crippen LogP contribution in [0.25, 0.3) is 22.2 Å². The molecule has 1 N–H and O–H groups in total. The van der Waals surface area contributed by atoms with Gasteiger partial charge in [-0.1, -0.05) is 24.1 Å². The highest BCUT2D eigenvalue weighted by Gasteiger charge is 2.41. The normalized spacial score (nSPS) is 18.3. The Balaban J connectivity index is 1.29. The van der Waals surface area contributed by atoms with Crippen LogP contribution in [0.3, 0.4) is 0 Å². The molecule has 2 aromatic heterocycles. The standard InChI is InChI=1S/C34H31N5O/c1-39(2)18-17-36-34(40)23-6-4-22(5-7-23)33-31-25-9-8-24(19-25)30(31)32-28(38-33)12-10-26-20-37-27(29(26)32)11-3-21-13-15-35-16-14-21/h4-7,10,12-16,24-25H,8-9,17-20H2,1-2H3,(H,36,40). The number of fused-ring (bicyclic) bond motifs is 9. The molecule has 7 rings (SSSR count). The minimum atomic E-state index is -0.0422. The Morgan fingerprint density at radius 2 is 1.75 bits per heavy atom. The van der Waals surface area contributed by atoms with Crippen LogP contribution in [-0.2, 0) is 6.54 Å². The van der Waals surface area contributed by atoms with Gasteiger partial charge in [-0.2, -0.15) is 0 Å². The Labute approximate surface area is 234 Å². The SMILES string of the molecule is CN(C)CCNC(=O)c1ccc(-c2nc3ccc4c(c3c3c2C2CCC3C2)C(C#Cc2ccncc2)=NC4)cc1. The van der Waals surface area contributed by atoms with Crippen molar-refractivity contribution in [2.75, 3.05) is 27.2 Å². The van der Waals surface area contributed by atoms with Gasteiger partial charge in [0.2, 0.25) is 0 Å². The van der Waals surface area contributed by atoms with Crippen LogP contribution in [0.15, 0.2) is 65.9 Å². The lowest BCUT2D eigenvalue weighted by molar-refractivity contribution is 0.0951. The van der Waals surface area contributed by atoms with Gasteiger partial charge in [0, 0.05) is 53.1 Å². The molecule has 0 saturated heterocycles. The van der Waals surface area contributed by atoms with E-state index in [2.05, 4.69) is 51.3 Å². The van der Waals surface area contributed by atoms with Gasteiger partial charge < -0.3 is 10.2 Å². The average molecular weight is 526 g/mol. The largest absolute Gasteiger partial charge is 0.351 e. The number of benzene rings is 2. The third-order valence-corrected chi connectivity index (χ3v) is 8.48. The van der Waals surface area contributed by atoms with Gasteiger partial charge in [0.05, 0.1) is 17.8 Å². The zero-order chi connectivity index (χ0) is 27.2. The molecule has 6 nitrogen and oxygen atoms in total. The molecule has 6 heteroatoms. The maximum absolute atomic E-state index is 12.7. The fraction of sp³-hybridized carbons (Fsp3) is 0.294. The molecule has 2 bridgehead atoms. The summed E-state index contributed by atoms with van der Waals surface area (Å²) in [5.74, 6) is 7.69. The molecule has 2 unspecified atom stereocenters. The molecular weight excluding hydrogens is 494 g/mol. The van der Waals surface area contributed by atoms with Crippen LogP contribution in [0.5, 0.6) is 0 Å². The van der Waals surface area contributed by atoms with E-state index in [9.17, 15) is 4.79 Å². The zero-order valence-corrected chi connectivity index (χ0v) is 22.9. The molecule has 1 amide bonds. The third-order valence-electron chi connectivity index (χ3n) is 8.48. The van der Waals surface area contributed by atoms with Gasteiger partial charge in [-0.3, -0.25) is 14.8 Å². The van der Waals surface area contributed by atoms with Gasteiger partial charge >= 0.3 is 0 Å². The van der Waals surface area contributed by atoms with E-state index >= 15 is 0 Å². The lowest BCUT2D eigenvalue weighted by Gasteiger charge is -2.22. The predicted molar refractivity (Wildman–Crippen MR) is 159 cm³/mol. The van der Waals surface area contributed by atoms with Gasteiger partial charge in [0.15, 0.2) is 0 Å². The summed E-state index contributed by atoms with van der Waals surface area (Å²) in [5, 5.41) is 4.26. The lowest BCUT2D eigenvalue weighted by atomic mass is 9.83. The van der Waals surface area contributed by atoms with Crippen molar-refractivity contribution in [1.29, 1.82) is 0 Å². The number of pyridine rings is 2. The maximum atomic E-state index is 12.7. The molecule has 0 radical (unpaired) electrons. The molecule has 198 valence electrons. The molecule has 3 heterocycles. The first kappa shape index (κ1) is 24.7. The molecule has 3 aliphatic rings. The number of carbonyl (C=O) groups excluding carboxylic acids is 1. The van der Waals surface area contributed by atoms with Gasteiger partial charge in [0.1, 0.15) is 5.71 Å². The molecular formula is C34H31N5O. The highest BCUT2D eigenvalue weighted by molar-refractivity contribution is 6.22. The van der Waals surface area contributed by atoms with E-state index in [1.807, 2.05) is 38.4 Å². The van der Waals surface area contributed by atoms with Crippen LogP contribution < -0.4 is 5.32 Å². The second-order valence-electron chi connectivity index (χ2n) is 11.3. The zero-order valence-electron chi connectivity index (χ0n) is 22.9. The van der Waals surface area contributed by atoms with Crippen LogP contribution in [0.4, 0.5) is 0 Å². The maximum Gasteiger partial charge on any atom is 0.251 e. The van der Waals surface area contributed by atoms with Gasteiger partial charge in [-0.25, -0.2) is 4.98 Å². The molecule has 1 saturated carbocycles. The molecule has 0 spiro atoms. The molecule has 2 aliphatic carbocycles. The van der Waals surface area contributed by atoms with Crippen LogP contribution in [0.2, 0.25) is 0 Å². The highest BCUT2D eigenvalue weighted by atomic mass is 16.1. The third kappa shape index (κ3) is 4.27. The van der Waals surface area contributed by atoms with Crippen molar-refractivity contribution in [1.82, 2.24) is 20.2 Å². The smallest absolute Gasteiger partial charge is 0.251 e. The molecule has 4 aromatic rings. The van der Waals surface area contributed by atoms with Crippen molar-refractivity contribution >= 4 is 22.5 Å².